The van der Waals surface area contributed by atoms with Crippen molar-refractivity contribution in [3.05, 3.63) is 17.7 Å². The maximum atomic E-state index is 11.1. The number of hydrogen-bond donors (Lipinski definition) is 2. The third-order valence-corrected chi connectivity index (χ3v) is 1.64. The van der Waals surface area contributed by atoms with Crippen molar-refractivity contribution in [1.29, 1.82) is 0 Å². The number of carbonyl (C=O) groups is 1. The predicted octanol–water partition coefficient (Wildman–Crippen LogP) is 0.315. The summed E-state index contributed by atoms with van der Waals surface area (Å²) in [4.78, 5) is 17.6. The van der Waals surface area contributed by atoms with Crippen molar-refractivity contribution >= 4 is 5.97 Å². The van der Waals surface area contributed by atoms with Crippen LogP contribution in [0.15, 0.2) is 6.33 Å². The van der Waals surface area contributed by atoms with Crippen LogP contribution in [0.25, 0.3) is 0 Å². The second kappa shape index (κ2) is 4.04. The SMILES string of the molecule is CCOC(=O)C(O)c1nc[nH]c1C. The van der Waals surface area contributed by atoms with E-state index >= 15 is 0 Å². The molecule has 0 saturated carbocycles. The van der Waals surface area contributed by atoms with E-state index in [2.05, 4.69) is 14.7 Å². The lowest BCUT2D eigenvalue weighted by atomic mass is 10.2. The van der Waals surface area contributed by atoms with Crippen molar-refractivity contribution in [2.24, 2.45) is 0 Å². The van der Waals surface area contributed by atoms with Crippen molar-refractivity contribution in [3.8, 4) is 0 Å². The summed E-state index contributed by atoms with van der Waals surface area (Å²) in [5, 5.41) is 9.43. The number of carbonyl (C=O) groups excluding carboxylic acids is 1. The van der Waals surface area contributed by atoms with Gasteiger partial charge < -0.3 is 14.8 Å². The third kappa shape index (κ3) is 2.06. The zero-order chi connectivity index (χ0) is 9.84. The van der Waals surface area contributed by atoms with Crippen LogP contribution in [0, 0.1) is 6.92 Å². The minimum atomic E-state index is -1.29. The van der Waals surface area contributed by atoms with Crippen LogP contribution in [0.2, 0.25) is 0 Å². The molecule has 1 unspecified atom stereocenters. The fraction of sp³-hybridized carbons (Fsp3) is 0.500. The highest BCUT2D eigenvalue weighted by Crippen LogP contribution is 2.14. The normalized spacial score (nSPS) is 12.5. The average Bonchev–Trinajstić information content (AvgIpc) is 2.50. The molecule has 72 valence electrons. The summed E-state index contributed by atoms with van der Waals surface area (Å²) in [5.74, 6) is -0.669. The van der Waals surface area contributed by atoms with Crippen molar-refractivity contribution < 1.29 is 14.6 Å². The summed E-state index contributed by atoms with van der Waals surface area (Å²) in [6, 6.07) is 0. The van der Waals surface area contributed by atoms with Crippen LogP contribution in [0.3, 0.4) is 0 Å². The number of rotatable bonds is 3. The minimum absolute atomic E-state index is 0.249. The fourth-order valence-electron chi connectivity index (χ4n) is 0.978. The van der Waals surface area contributed by atoms with Crippen molar-refractivity contribution in [1.82, 2.24) is 9.97 Å². The molecule has 0 aliphatic heterocycles. The van der Waals surface area contributed by atoms with E-state index in [9.17, 15) is 9.90 Å². The number of aromatic nitrogens is 2. The largest absolute Gasteiger partial charge is 0.464 e. The van der Waals surface area contributed by atoms with Crippen LogP contribution in [0.5, 0.6) is 0 Å². The number of aryl methyl sites for hydroxylation is 1. The van der Waals surface area contributed by atoms with E-state index < -0.39 is 12.1 Å². The Balaban J connectivity index is 2.73. The third-order valence-electron chi connectivity index (χ3n) is 1.64. The summed E-state index contributed by atoms with van der Waals surface area (Å²) in [7, 11) is 0. The molecule has 0 fully saturated rings. The molecule has 0 bridgehead atoms. The van der Waals surface area contributed by atoms with E-state index in [1.54, 1.807) is 13.8 Å². The number of H-pyrrole nitrogens is 1. The number of nitrogens with zero attached hydrogens (tertiary/aromatic N) is 1. The number of imidazole rings is 1. The van der Waals surface area contributed by atoms with Gasteiger partial charge in [0, 0.05) is 5.69 Å². The molecule has 5 nitrogen and oxygen atoms in total. The lowest BCUT2D eigenvalue weighted by molar-refractivity contribution is -0.153. The molecule has 0 radical (unpaired) electrons. The van der Waals surface area contributed by atoms with E-state index in [-0.39, 0.29) is 6.61 Å². The summed E-state index contributed by atoms with van der Waals surface area (Å²) >= 11 is 0. The quantitative estimate of drug-likeness (QED) is 0.663. The fourth-order valence-corrected chi connectivity index (χ4v) is 0.978. The molecular weight excluding hydrogens is 172 g/mol. The molecule has 1 aromatic heterocycles. The topological polar surface area (TPSA) is 75.2 Å². The molecule has 1 heterocycles. The zero-order valence-electron chi connectivity index (χ0n) is 7.57. The lowest BCUT2D eigenvalue weighted by Crippen LogP contribution is -2.16. The Morgan fingerprint density at radius 2 is 2.54 bits per heavy atom. The predicted molar refractivity (Wildman–Crippen MR) is 44.9 cm³/mol. The molecule has 0 aromatic carbocycles. The van der Waals surface area contributed by atoms with E-state index in [4.69, 9.17) is 0 Å². The molecule has 0 aliphatic rings. The van der Waals surface area contributed by atoms with Crippen LogP contribution in [-0.4, -0.2) is 27.7 Å². The maximum Gasteiger partial charge on any atom is 0.341 e. The second-order valence-electron chi connectivity index (χ2n) is 2.57. The first-order valence-corrected chi connectivity index (χ1v) is 4.01. The molecule has 5 heteroatoms. The van der Waals surface area contributed by atoms with E-state index in [1.807, 2.05) is 0 Å². The molecular formula is C8H12N2O3. The standard InChI is InChI=1S/C8H12N2O3/c1-3-13-8(12)7(11)6-5(2)9-4-10-6/h4,7,11H,3H2,1-2H3,(H,9,10). The number of aliphatic hydroxyl groups is 1. The lowest BCUT2D eigenvalue weighted by Gasteiger charge is -2.07. The Morgan fingerprint density at radius 3 is 3.00 bits per heavy atom. The first-order chi connectivity index (χ1) is 6.16. The molecule has 0 amide bonds. The second-order valence-corrected chi connectivity index (χ2v) is 2.57. The van der Waals surface area contributed by atoms with E-state index in [0.717, 1.165) is 0 Å². The van der Waals surface area contributed by atoms with Gasteiger partial charge in [0.1, 0.15) is 5.69 Å². The molecule has 1 atom stereocenters. The Hall–Kier alpha value is -1.36. The van der Waals surface area contributed by atoms with Gasteiger partial charge in [0.25, 0.3) is 0 Å². The summed E-state index contributed by atoms with van der Waals surface area (Å²) < 4.78 is 4.64. The molecule has 0 spiro atoms. The molecule has 0 aliphatic carbocycles. The highest BCUT2D eigenvalue weighted by molar-refractivity contribution is 5.75. The van der Waals surface area contributed by atoms with Gasteiger partial charge in [0.15, 0.2) is 6.10 Å². The Kier molecular flexibility index (Phi) is 3.02. The number of nitrogens with one attached hydrogen (secondary N) is 1. The van der Waals surface area contributed by atoms with Crippen molar-refractivity contribution in [2.45, 2.75) is 20.0 Å². The number of ether oxygens (including phenoxy) is 1. The van der Waals surface area contributed by atoms with Gasteiger partial charge in [-0.25, -0.2) is 9.78 Å². The van der Waals surface area contributed by atoms with Crippen LogP contribution < -0.4 is 0 Å². The van der Waals surface area contributed by atoms with Crippen LogP contribution in [-0.2, 0) is 9.53 Å². The summed E-state index contributed by atoms with van der Waals surface area (Å²) in [6.07, 6.45) is 0.138. The highest BCUT2D eigenvalue weighted by Gasteiger charge is 2.22. The molecule has 1 rings (SSSR count). The van der Waals surface area contributed by atoms with Crippen LogP contribution in [0.4, 0.5) is 0 Å². The average molecular weight is 184 g/mol. The monoisotopic (exact) mass is 184 g/mol. The number of hydrogen-bond acceptors (Lipinski definition) is 4. The van der Waals surface area contributed by atoms with Gasteiger partial charge in [0.2, 0.25) is 0 Å². The maximum absolute atomic E-state index is 11.1. The molecule has 13 heavy (non-hydrogen) atoms. The number of aliphatic hydroxyl groups excluding tert-OH is 1. The first kappa shape index (κ1) is 9.73. The van der Waals surface area contributed by atoms with Gasteiger partial charge in [-0.1, -0.05) is 0 Å². The molecule has 1 aromatic rings. The summed E-state index contributed by atoms with van der Waals surface area (Å²) in [5.41, 5.74) is 0.985. The van der Waals surface area contributed by atoms with Gasteiger partial charge >= 0.3 is 5.97 Å². The smallest absolute Gasteiger partial charge is 0.341 e. The Labute approximate surface area is 75.8 Å². The Bertz CT molecular complexity index is 295. The van der Waals surface area contributed by atoms with Gasteiger partial charge in [-0.15, -0.1) is 0 Å². The molecule has 0 saturated heterocycles. The van der Waals surface area contributed by atoms with Gasteiger partial charge in [-0.2, -0.15) is 0 Å². The Morgan fingerprint density at radius 1 is 1.85 bits per heavy atom. The van der Waals surface area contributed by atoms with Gasteiger partial charge in [0.05, 0.1) is 12.9 Å². The van der Waals surface area contributed by atoms with Gasteiger partial charge in [-0.05, 0) is 13.8 Å². The van der Waals surface area contributed by atoms with Gasteiger partial charge in [-0.3, -0.25) is 0 Å². The first-order valence-electron chi connectivity index (χ1n) is 4.01. The van der Waals surface area contributed by atoms with Crippen molar-refractivity contribution in [2.75, 3.05) is 6.61 Å². The highest BCUT2D eigenvalue weighted by atomic mass is 16.5. The number of esters is 1. The number of aromatic amines is 1. The molecule has 2 N–H and O–H groups in total. The van der Waals surface area contributed by atoms with Crippen molar-refractivity contribution in [3.63, 3.8) is 0 Å². The van der Waals surface area contributed by atoms with E-state index in [1.165, 1.54) is 6.33 Å². The minimum Gasteiger partial charge on any atom is -0.464 e. The summed E-state index contributed by atoms with van der Waals surface area (Å²) in [6.45, 7) is 3.66. The van der Waals surface area contributed by atoms with E-state index in [0.29, 0.717) is 11.4 Å². The van der Waals surface area contributed by atoms with Crippen LogP contribution in [0.1, 0.15) is 24.4 Å². The van der Waals surface area contributed by atoms with Crippen LogP contribution >= 0.6 is 0 Å². The zero-order valence-corrected chi connectivity index (χ0v) is 7.57.